The fraction of sp³-hybridized carbons (Fsp3) is 0.500. The minimum Gasteiger partial charge on any atom is -0.490 e. The summed E-state index contributed by atoms with van der Waals surface area (Å²) in [5, 5.41) is 8.17. The number of rotatable bonds is 9. The van der Waals surface area contributed by atoms with E-state index in [1.54, 1.807) is 12.1 Å². The van der Waals surface area contributed by atoms with E-state index < -0.39 is 10.0 Å². The van der Waals surface area contributed by atoms with Crippen LogP contribution in [0.4, 0.5) is 0 Å². The van der Waals surface area contributed by atoms with Crippen molar-refractivity contribution < 1.29 is 22.7 Å². The van der Waals surface area contributed by atoms with Crippen LogP contribution in [-0.4, -0.2) is 41.2 Å². The highest BCUT2D eigenvalue weighted by Crippen LogP contribution is 2.24. The summed E-state index contributed by atoms with van der Waals surface area (Å²) >= 11 is 0. The Morgan fingerprint density at radius 2 is 2.08 bits per heavy atom. The van der Waals surface area contributed by atoms with Crippen molar-refractivity contribution in [2.75, 3.05) is 26.9 Å². The Labute approximate surface area is 154 Å². The van der Waals surface area contributed by atoms with Crippen molar-refractivity contribution in [1.29, 1.82) is 0 Å². The first-order chi connectivity index (χ1) is 12.4. The first-order valence-electron chi connectivity index (χ1n) is 8.66. The van der Waals surface area contributed by atoms with Crippen LogP contribution in [0.3, 0.4) is 0 Å². The number of hydrogen-bond donors (Lipinski definition) is 2. The van der Waals surface area contributed by atoms with Gasteiger partial charge in [0.15, 0.2) is 0 Å². The molecule has 1 aliphatic carbocycles. The third kappa shape index (κ3) is 6.12. The van der Waals surface area contributed by atoms with Crippen LogP contribution in [0.1, 0.15) is 31.2 Å². The zero-order chi connectivity index (χ0) is 19.0. The molecule has 0 fully saturated rings. The molecule has 0 atom stereocenters. The number of amides is 1. The number of allylic oxidation sites excluding steroid dienone is 1. The van der Waals surface area contributed by atoms with E-state index in [4.69, 9.17) is 14.6 Å². The van der Waals surface area contributed by atoms with Crippen molar-refractivity contribution in [2.24, 2.45) is 5.14 Å². The first-order valence-corrected chi connectivity index (χ1v) is 10.2. The lowest BCUT2D eigenvalue weighted by atomic mass is 9.99. The number of carbonyl (C=O) groups excluding carboxylic acids is 1. The van der Waals surface area contributed by atoms with Crippen LogP contribution < -0.4 is 15.2 Å². The van der Waals surface area contributed by atoms with E-state index in [2.05, 4.69) is 5.32 Å². The van der Waals surface area contributed by atoms with Crippen molar-refractivity contribution in [2.45, 2.75) is 37.0 Å². The minimum absolute atomic E-state index is 0.0455. The molecule has 1 aromatic rings. The first kappa shape index (κ1) is 20.4. The van der Waals surface area contributed by atoms with Crippen molar-refractivity contribution >= 4 is 15.9 Å². The van der Waals surface area contributed by atoms with Gasteiger partial charge in [-0.25, -0.2) is 13.6 Å². The average Bonchev–Trinajstić information content (AvgIpc) is 2.62. The van der Waals surface area contributed by atoms with Gasteiger partial charge in [-0.3, -0.25) is 4.79 Å². The van der Waals surface area contributed by atoms with Crippen molar-refractivity contribution in [3.8, 4) is 5.75 Å². The molecule has 3 N–H and O–H groups in total. The maximum absolute atomic E-state index is 12.1. The normalized spacial score (nSPS) is 14.6. The van der Waals surface area contributed by atoms with E-state index in [-0.39, 0.29) is 23.2 Å². The average molecular weight is 382 g/mol. The van der Waals surface area contributed by atoms with Gasteiger partial charge in [0, 0.05) is 19.2 Å². The third-order valence-corrected chi connectivity index (χ3v) is 5.07. The summed E-state index contributed by atoms with van der Waals surface area (Å²) in [6.45, 7) is 0.987. The molecule has 26 heavy (non-hydrogen) atoms. The molecule has 0 saturated heterocycles. The molecular formula is C18H26N2O5S. The van der Waals surface area contributed by atoms with Crippen LogP contribution >= 0.6 is 0 Å². The van der Waals surface area contributed by atoms with Gasteiger partial charge in [0.2, 0.25) is 15.9 Å². The van der Waals surface area contributed by atoms with E-state index in [1.165, 1.54) is 13.2 Å². The molecule has 1 aliphatic rings. The summed E-state index contributed by atoms with van der Waals surface area (Å²) < 4.78 is 33.9. The van der Waals surface area contributed by atoms with E-state index in [9.17, 15) is 13.2 Å². The molecule has 0 heterocycles. The number of sulfonamides is 1. The van der Waals surface area contributed by atoms with Gasteiger partial charge in [-0.15, -0.1) is 0 Å². The number of benzene rings is 1. The van der Waals surface area contributed by atoms with Gasteiger partial charge in [-0.1, -0.05) is 12.1 Å². The standard InChI is InChI=1S/C18H26N2O5S/c1-24-11-12-25-16-8-7-14(13-17(16)26(19,22)23)9-10-20-18(21)15-5-3-2-4-6-15/h5,7-8,13H,2-4,6,9-12H2,1H3,(H,20,21)(H2,19,22,23). The highest BCUT2D eigenvalue weighted by molar-refractivity contribution is 7.89. The molecule has 2 rings (SSSR count). The van der Waals surface area contributed by atoms with E-state index >= 15 is 0 Å². The largest absolute Gasteiger partial charge is 0.490 e. The van der Waals surface area contributed by atoms with Gasteiger partial charge in [-0.2, -0.15) is 0 Å². The molecule has 0 unspecified atom stereocenters. The molecule has 0 bridgehead atoms. The monoisotopic (exact) mass is 382 g/mol. The van der Waals surface area contributed by atoms with Crippen molar-refractivity contribution in [3.05, 3.63) is 35.4 Å². The highest BCUT2D eigenvalue weighted by Gasteiger charge is 2.17. The summed E-state index contributed by atoms with van der Waals surface area (Å²) in [5.74, 6) is 0.153. The van der Waals surface area contributed by atoms with Crippen LogP contribution in [0.25, 0.3) is 0 Å². The molecule has 1 amide bonds. The van der Waals surface area contributed by atoms with E-state index in [0.717, 1.165) is 36.8 Å². The minimum atomic E-state index is -3.91. The van der Waals surface area contributed by atoms with Gasteiger partial charge in [-0.05, 0) is 49.8 Å². The zero-order valence-electron chi connectivity index (χ0n) is 15.0. The molecule has 0 spiro atoms. The van der Waals surface area contributed by atoms with E-state index in [0.29, 0.717) is 19.6 Å². The predicted molar refractivity (Wildman–Crippen MR) is 98.5 cm³/mol. The number of nitrogens with two attached hydrogens (primary N) is 1. The van der Waals surface area contributed by atoms with Crippen LogP contribution in [0.2, 0.25) is 0 Å². The number of carbonyl (C=O) groups is 1. The van der Waals surface area contributed by atoms with Crippen LogP contribution in [0, 0.1) is 0 Å². The molecule has 0 aliphatic heterocycles. The van der Waals surface area contributed by atoms with Crippen molar-refractivity contribution in [1.82, 2.24) is 5.32 Å². The van der Waals surface area contributed by atoms with Crippen LogP contribution in [0.5, 0.6) is 5.75 Å². The predicted octanol–water partition coefficient (Wildman–Crippen LogP) is 1.52. The van der Waals surface area contributed by atoms with Crippen LogP contribution in [0.15, 0.2) is 34.7 Å². The maximum Gasteiger partial charge on any atom is 0.246 e. The second-order valence-corrected chi connectivity index (χ2v) is 7.68. The third-order valence-electron chi connectivity index (χ3n) is 4.14. The Kier molecular flexibility index (Phi) is 7.62. The Morgan fingerprint density at radius 3 is 2.73 bits per heavy atom. The molecule has 0 aromatic heterocycles. The number of nitrogens with one attached hydrogen (secondary N) is 1. The van der Waals surface area contributed by atoms with Gasteiger partial charge >= 0.3 is 0 Å². The van der Waals surface area contributed by atoms with Gasteiger partial charge < -0.3 is 14.8 Å². The number of ether oxygens (including phenoxy) is 2. The van der Waals surface area contributed by atoms with Gasteiger partial charge in [0.25, 0.3) is 0 Å². The summed E-state index contributed by atoms with van der Waals surface area (Å²) in [4.78, 5) is 12.0. The lowest BCUT2D eigenvalue weighted by molar-refractivity contribution is -0.117. The molecular weight excluding hydrogens is 356 g/mol. The lowest BCUT2D eigenvalue weighted by Gasteiger charge is -2.14. The Hall–Kier alpha value is -1.90. The Bertz CT molecular complexity index is 759. The highest BCUT2D eigenvalue weighted by atomic mass is 32.2. The zero-order valence-corrected chi connectivity index (χ0v) is 15.8. The van der Waals surface area contributed by atoms with Crippen LogP contribution in [-0.2, 0) is 26.0 Å². The Balaban J connectivity index is 1.98. The molecule has 0 saturated carbocycles. The number of primary sulfonamides is 1. The smallest absolute Gasteiger partial charge is 0.246 e. The molecule has 0 radical (unpaired) electrons. The van der Waals surface area contributed by atoms with E-state index in [1.807, 2.05) is 6.08 Å². The molecule has 1 aromatic carbocycles. The fourth-order valence-electron chi connectivity index (χ4n) is 2.76. The van der Waals surface area contributed by atoms with Gasteiger partial charge in [0.1, 0.15) is 17.3 Å². The fourth-order valence-corrected chi connectivity index (χ4v) is 3.49. The maximum atomic E-state index is 12.1. The Morgan fingerprint density at radius 1 is 1.27 bits per heavy atom. The quantitative estimate of drug-likeness (QED) is 0.630. The van der Waals surface area contributed by atoms with Crippen molar-refractivity contribution in [3.63, 3.8) is 0 Å². The lowest BCUT2D eigenvalue weighted by Crippen LogP contribution is -2.27. The molecule has 7 nitrogen and oxygen atoms in total. The number of hydrogen-bond acceptors (Lipinski definition) is 5. The summed E-state index contributed by atoms with van der Waals surface area (Å²) in [7, 11) is -2.38. The SMILES string of the molecule is COCCOc1ccc(CCNC(=O)C2=CCCCC2)cc1S(N)(=O)=O. The summed E-state index contributed by atoms with van der Waals surface area (Å²) in [5.41, 5.74) is 1.59. The summed E-state index contributed by atoms with van der Waals surface area (Å²) in [6, 6.07) is 4.84. The number of methoxy groups -OCH3 is 1. The molecule has 8 heteroatoms. The second-order valence-electron chi connectivity index (χ2n) is 6.15. The summed E-state index contributed by atoms with van der Waals surface area (Å²) in [6.07, 6.45) is 6.43. The van der Waals surface area contributed by atoms with Gasteiger partial charge in [0.05, 0.1) is 6.61 Å². The molecule has 144 valence electrons. The second kappa shape index (κ2) is 9.70. The topological polar surface area (TPSA) is 108 Å².